The Morgan fingerprint density at radius 2 is 1.25 bits per heavy atom. The lowest BCUT2D eigenvalue weighted by atomic mass is 10.1. The molecule has 0 bridgehead atoms. The molecular weight excluding hydrogens is 350 g/mol. The van der Waals surface area contributed by atoms with Crippen LogP contribution in [0.15, 0.2) is 95.0 Å². The van der Waals surface area contributed by atoms with Crippen molar-refractivity contribution in [1.82, 2.24) is 5.43 Å². The smallest absolute Gasteiger partial charge is 0.271 e. The van der Waals surface area contributed by atoms with Crippen molar-refractivity contribution in [3.63, 3.8) is 0 Å². The summed E-state index contributed by atoms with van der Waals surface area (Å²) >= 11 is 0. The van der Waals surface area contributed by atoms with E-state index in [9.17, 15) is 9.59 Å². The lowest BCUT2D eigenvalue weighted by Crippen LogP contribution is -2.17. The molecule has 0 radical (unpaired) electrons. The lowest BCUT2D eigenvalue weighted by Gasteiger charge is -1.99. The molecule has 0 spiro atoms. The van der Waals surface area contributed by atoms with Crippen molar-refractivity contribution in [3.8, 4) is 0 Å². The second kappa shape index (κ2) is 9.73. The molecular formula is C23H19N3O2. The van der Waals surface area contributed by atoms with E-state index in [2.05, 4.69) is 15.5 Å². The number of aliphatic imine (C=N–C) groups is 1. The number of hydrogen-bond donors (Lipinski definition) is 1. The number of Topliss-reactive ketones (excluding diaryl/α,β-unsaturated/α-hetero) is 1. The van der Waals surface area contributed by atoms with Crippen molar-refractivity contribution in [2.45, 2.75) is 0 Å². The summed E-state index contributed by atoms with van der Waals surface area (Å²) < 4.78 is 0. The van der Waals surface area contributed by atoms with Crippen LogP contribution >= 0.6 is 0 Å². The van der Waals surface area contributed by atoms with Crippen LogP contribution in [0.1, 0.15) is 31.8 Å². The summed E-state index contributed by atoms with van der Waals surface area (Å²) in [5, 5.41) is 3.96. The first-order valence-corrected chi connectivity index (χ1v) is 8.79. The summed E-state index contributed by atoms with van der Waals surface area (Å²) in [7, 11) is 0. The molecule has 3 rings (SSSR count). The normalized spacial score (nSPS) is 11.0. The standard InChI is InChI=1S/C23H19N3O2/c27-22(20-7-3-1-4-8-20)17-24-15-18-11-13-19(14-12-18)16-25-26-23(28)21-9-5-2-6-10-21/h1-16H,17H2,(H,26,28)/b24-15?,25-16-. The number of ketones is 1. The molecule has 0 aromatic heterocycles. The summed E-state index contributed by atoms with van der Waals surface area (Å²) in [4.78, 5) is 28.1. The van der Waals surface area contributed by atoms with Crippen LogP contribution in [-0.4, -0.2) is 30.7 Å². The van der Waals surface area contributed by atoms with Gasteiger partial charge in [-0.1, -0.05) is 72.8 Å². The monoisotopic (exact) mass is 369 g/mol. The Morgan fingerprint density at radius 1 is 0.714 bits per heavy atom. The molecule has 0 saturated heterocycles. The Bertz CT molecular complexity index is 897. The fourth-order valence-electron chi connectivity index (χ4n) is 2.44. The zero-order valence-corrected chi connectivity index (χ0v) is 15.2. The van der Waals surface area contributed by atoms with Gasteiger partial charge in [-0.25, -0.2) is 5.43 Å². The molecule has 0 heterocycles. The molecule has 0 aliphatic heterocycles. The number of nitrogens with zero attached hydrogens (tertiary/aromatic N) is 2. The first-order chi connectivity index (χ1) is 13.7. The largest absolute Gasteiger partial charge is 0.292 e. The SMILES string of the molecule is O=C(CN=Cc1ccc(/C=N\NC(=O)c2ccccc2)cc1)c1ccccc1. The van der Waals surface area contributed by atoms with Crippen LogP contribution in [0.4, 0.5) is 0 Å². The molecule has 0 fully saturated rings. The van der Waals surface area contributed by atoms with Crippen LogP contribution in [0, 0.1) is 0 Å². The van der Waals surface area contributed by atoms with Crippen LogP contribution < -0.4 is 5.43 Å². The molecule has 138 valence electrons. The summed E-state index contributed by atoms with van der Waals surface area (Å²) in [6.45, 7) is 0.110. The summed E-state index contributed by atoms with van der Waals surface area (Å²) in [6, 6.07) is 25.5. The van der Waals surface area contributed by atoms with Crippen molar-refractivity contribution in [3.05, 3.63) is 107 Å². The predicted molar refractivity (Wildman–Crippen MR) is 111 cm³/mol. The Hall–Kier alpha value is -3.86. The molecule has 0 saturated carbocycles. The number of hydrogen-bond acceptors (Lipinski definition) is 4. The molecule has 3 aromatic carbocycles. The van der Waals surface area contributed by atoms with Crippen LogP contribution in [0.5, 0.6) is 0 Å². The van der Waals surface area contributed by atoms with Crippen LogP contribution in [0.25, 0.3) is 0 Å². The minimum absolute atomic E-state index is 0.0187. The third kappa shape index (κ3) is 5.57. The van der Waals surface area contributed by atoms with Gasteiger partial charge in [0.15, 0.2) is 5.78 Å². The predicted octanol–water partition coefficient (Wildman–Crippen LogP) is 3.75. The van der Waals surface area contributed by atoms with Crippen LogP contribution in [-0.2, 0) is 0 Å². The maximum absolute atomic E-state index is 12.0. The van der Waals surface area contributed by atoms with E-state index >= 15 is 0 Å². The van der Waals surface area contributed by atoms with E-state index in [0.29, 0.717) is 11.1 Å². The zero-order valence-electron chi connectivity index (χ0n) is 15.2. The first kappa shape index (κ1) is 18.9. The van der Waals surface area contributed by atoms with Crippen LogP contribution in [0.3, 0.4) is 0 Å². The summed E-state index contributed by atoms with van der Waals surface area (Å²) in [6.07, 6.45) is 3.24. The third-order valence-electron chi connectivity index (χ3n) is 3.92. The van der Waals surface area contributed by atoms with Gasteiger partial charge in [-0.3, -0.25) is 14.6 Å². The molecule has 28 heavy (non-hydrogen) atoms. The molecule has 0 aliphatic rings. The number of amides is 1. The van der Waals surface area contributed by atoms with Crippen LogP contribution in [0.2, 0.25) is 0 Å². The molecule has 3 aromatic rings. The van der Waals surface area contributed by atoms with E-state index < -0.39 is 0 Å². The Labute approximate surface area is 163 Å². The second-order valence-electron chi connectivity index (χ2n) is 5.99. The van der Waals surface area contributed by atoms with Gasteiger partial charge in [-0.05, 0) is 23.3 Å². The minimum Gasteiger partial charge on any atom is -0.292 e. The Morgan fingerprint density at radius 3 is 1.86 bits per heavy atom. The van der Waals surface area contributed by atoms with Gasteiger partial charge in [0.1, 0.15) is 6.54 Å². The molecule has 5 nitrogen and oxygen atoms in total. The van der Waals surface area contributed by atoms with E-state index in [4.69, 9.17) is 0 Å². The number of rotatable bonds is 7. The van der Waals surface area contributed by atoms with Crippen molar-refractivity contribution in [1.29, 1.82) is 0 Å². The maximum Gasteiger partial charge on any atom is 0.271 e. The molecule has 1 amide bonds. The number of nitrogens with one attached hydrogen (secondary N) is 1. The van der Waals surface area contributed by atoms with Crippen molar-refractivity contribution < 1.29 is 9.59 Å². The first-order valence-electron chi connectivity index (χ1n) is 8.79. The van der Waals surface area contributed by atoms with Gasteiger partial charge >= 0.3 is 0 Å². The highest BCUT2D eigenvalue weighted by atomic mass is 16.2. The van der Waals surface area contributed by atoms with Gasteiger partial charge in [-0.15, -0.1) is 0 Å². The van der Waals surface area contributed by atoms with E-state index in [1.54, 1.807) is 48.8 Å². The molecule has 5 heteroatoms. The fourth-order valence-corrected chi connectivity index (χ4v) is 2.44. The Balaban J connectivity index is 1.50. The van der Waals surface area contributed by atoms with Gasteiger partial charge in [0, 0.05) is 17.3 Å². The highest BCUT2D eigenvalue weighted by Crippen LogP contribution is 2.03. The van der Waals surface area contributed by atoms with E-state index in [0.717, 1.165) is 11.1 Å². The average Bonchev–Trinajstić information content (AvgIpc) is 2.76. The fraction of sp³-hybridized carbons (Fsp3) is 0.0435. The number of hydrazone groups is 1. The topological polar surface area (TPSA) is 70.9 Å². The number of carbonyl (C=O) groups is 2. The van der Waals surface area contributed by atoms with E-state index in [1.807, 2.05) is 48.5 Å². The maximum atomic E-state index is 12.0. The third-order valence-corrected chi connectivity index (χ3v) is 3.92. The minimum atomic E-state index is -0.260. The second-order valence-corrected chi connectivity index (χ2v) is 5.99. The summed E-state index contributed by atoms with van der Waals surface area (Å²) in [5.74, 6) is -0.279. The van der Waals surface area contributed by atoms with Gasteiger partial charge in [0.2, 0.25) is 0 Å². The van der Waals surface area contributed by atoms with Crippen molar-refractivity contribution in [2.75, 3.05) is 6.54 Å². The quantitative estimate of drug-likeness (QED) is 0.391. The average molecular weight is 369 g/mol. The molecule has 0 unspecified atom stereocenters. The van der Waals surface area contributed by atoms with Gasteiger partial charge < -0.3 is 0 Å². The number of carbonyl (C=O) groups excluding carboxylic acids is 2. The van der Waals surface area contributed by atoms with Crippen molar-refractivity contribution in [2.24, 2.45) is 10.1 Å². The molecule has 0 atom stereocenters. The lowest BCUT2D eigenvalue weighted by molar-refractivity contribution is 0.0954. The summed E-state index contributed by atoms with van der Waals surface area (Å²) in [5.41, 5.74) is 5.42. The van der Waals surface area contributed by atoms with Crippen molar-refractivity contribution >= 4 is 24.1 Å². The van der Waals surface area contributed by atoms with E-state index in [-0.39, 0.29) is 18.2 Å². The van der Waals surface area contributed by atoms with Gasteiger partial charge in [0.25, 0.3) is 5.91 Å². The highest BCUT2D eigenvalue weighted by molar-refractivity contribution is 5.98. The molecule has 1 N–H and O–H groups in total. The van der Waals surface area contributed by atoms with Gasteiger partial charge in [-0.2, -0.15) is 5.10 Å². The number of benzene rings is 3. The van der Waals surface area contributed by atoms with E-state index in [1.165, 1.54) is 0 Å². The zero-order chi connectivity index (χ0) is 19.6. The highest BCUT2D eigenvalue weighted by Gasteiger charge is 2.03. The van der Waals surface area contributed by atoms with Gasteiger partial charge in [0.05, 0.1) is 6.21 Å². The Kier molecular flexibility index (Phi) is 6.57. The molecule has 0 aliphatic carbocycles.